The Bertz CT molecular complexity index is 662. The van der Waals surface area contributed by atoms with E-state index < -0.39 is 0 Å². The van der Waals surface area contributed by atoms with E-state index in [1.165, 1.54) is 43.6 Å². The van der Waals surface area contributed by atoms with Gasteiger partial charge in [0.1, 0.15) is 5.75 Å². The van der Waals surface area contributed by atoms with Gasteiger partial charge >= 0.3 is 0 Å². The molecular formula is C22H33N3O2. The van der Waals surface area contributed by atoms with Gasteiger partial charge in [0.15, 0.2) is 0 Å². The molecule has 0 atom stereocenters. The number of carbonyl (C=O) groups is 1. The molecule has 0 aliphatic carbocycles. The normalized spacial score (nSPS) is 22.8. The van der Waals surface area contributed by atoms with Crippen LogP contribution in [0.3, 0.4) is 0 Å². The molecule has 148 valence electrons. The van der Waals surface area contributed by atoms with Gasteiger partial charge in [0.05, 0.1) is 7.11 Å². The minimum Gasteiger partial charge on any atom is -0.497 e. The van der Waals surface area contributed by atoms with Gasteiger partial charge in [-0.1, -0.05) is 13.0 Å². The lowest BCUT2D eigenvalue weighted by molar-refractivity contribution is -0.138. The number of likely N-dealkylation sites (tertiary alicyclic amines) is 2. The molecule has 0 N–H and O–H groups in total. The zero-order chi connectivity index (χ0) is 18.8. The number of fused-ring (bicyclic) bond motifs is 1. The molecule has 3 aliphatic heterocycles. The molecule has 3 heterocycles. The van der Waals surface area contributed by atoms with Crippen molar-refractivity contribution in [3.8, 4) is 5.75 Å². The number of hydrogen-bond acceptors (Lipinski definition) is 4. The Morgan fingerprint density at radius 1 is 1.04 bits per heavy atom. The van der Waals surface area contributed by atoms with E-state index in [4.69, 9.17) is 4.74 Å². The Morgan fingerprint density at radius 3 is 2.41 bits per heavy atom. The molecule has 0 radical (unpaired) electrons. The number of nitrogens with zero attached hydrogens (tertiary/aromatic N) is 3. The predicted molar refractivity (Wildman–Crippen MR) is 107 cm³/mol. The molecule has 1 aromatic carbocycles. The largest absolute Gasteiger partial charge is 0.497 e. The zero-order valence-electron chi connectivity index (χ0n) is 16.8. The number of benzene rings is 1. The number of methoxy groups -OCH3 is 1. The number of piperidine rings is 2. The van der Waals surface area contributed by atoms with Crippen molar-refractivity contribution in [2.24, 2.45) is 5.92 Å². The first-order chi connectivity index (χ1) is 13.2. The van der Waals surface area contributed by atoms with Crippen molar-refractivity contribution >= 4 is 5.91 Å². The average Bonchev–Trinajstić information content (AvgIpc) is 3.16. The van der Waals surface area contributed by atoms with Crippen LogP contribution in [0.5, 0.6) is 5.75 Å². The first-order valence-corrected chi connectivity index (χ1v) is 10.6. The lowest BCUT2D eigenvalue weighted by Crippen LogP contribution is -2.49. The summed E-state index contributed by atoms with van der Waals surface area (Å²) in [7, 11) is 1.69. The van der Waals surface area contributed by atoms with Gasteiger partial charge in [-0.25, -0.2) is 0 Å². The Kier molecular flexibility index (Phi) is 5.69. The fraction of sp³-hybridized carbons (Fsp3) is 0.682. The van der Waals surface area contributed by atoms with Crippen molar-refractivity contribution in [3.05, 3.63) is 29.3 Å². The van der Waals surface area contributed by atoms with E-state index in [-0.39, 0.29) is 5.92 Å². The lowest BCUT2D eigenvalue weighted by atomic mass is 9.92. The van der Waals surface area contributed by atoms with Crippen LogP contribution < -0.4 is 4.74 Å². The smallest absolute Gasteiger partial charge is 0.226 e. The van der Waals surface area contributed by atoms with Gasteiger partial charge in [-0.2, -0.15) is 0 Å². The fourth-order valence-corrected chi connectivity index (χ4v) is 5.02. The molecule has 4 rings (SSSR count). The maximum absolute atomic E-state index is 13.1. The monoisotopic (exact) mass is 371 g/mol. The predicted octanol–water partition coefficient (Wildman–Crippen LogP) is 2.73. The van der Waals surface area contributed by atoms with Crippen LogP contribution in [0, 0.1) is 5.92 Å². The summed E-state index contributed by atoms with van der Waals surface area (Å²) in [5.74, 6) is 1.43. The standard InChI is InChI=1S/C22H33N3O2/c1-3-23-10-8-20(9-11-23)24-12-6-17(7-13-24)22(26)25-15-18-4-5-21(27-2)14-19(18)16-25/h4-5,14,17,20H,3,6-13,15-16H2,1-2H3. The van der Waals surface area contributed by atoms with E-state index in [1.54, 1.807) is 7.11 Å². The van der Waals surface area contributed by atoms with Crippen molar-refractivity contribution < 1.29 is 9.53 Å². The second kappa shape index (κ2) is 8.19. The molecule has 1 amide bonds. The van der Waals surface area contributed by atoms with Gasteiger partial charge in [-0.15, -0.1) is 0 Å². The minimum atomic E-state index is 0.202. The fourth-order valence-electron chi connectivity index (χ4n) is 5.02. The average molecular weight is 372 g/mol. The van der Waals surface area contributed by atoms with Gasteiger partial charge in [0.25, 0.3) is 0 Å². The number of rotatable bonds is 4. The summed E-state index contributed by atoms with van der Waals surface area (Å²) in [6, 6.07) is 6.91. The van der Waals surface area contributed by atoms with E-state index >= 15 is 0 Å². The van der Waals surface area contributed by atoms with E-state index in [1.807, 2.05) is 11.0 Å². The molecule has 1 aromatic rings. The number of ether oxygens (including phenoxy) is 1. The molecule has 0 unspecified atom stereocenters. The highest BCUT2D eigenvalue weighted by atomic mass is 16.5. The van der Waals surface area contributed by atoms with Crippen molar-refractivity contribution in [2.75, 3.05) is 39.8 Å². The van der Waals surface area contributed by atoms with Crippen molar-refractivity contribution in [1.29, 1.82) is 0 Å². The van der Waals surface area contributed by atoms with Crippen LogP contribution in [0.2, 0.25) is 0 Å². The quantitative estimate of drug-likeness (QED) is 0.815. The molecule has 27 heavy (non-hydrogen) atoms. The van der Waals surface area contributed by atoms with E-state index in [2.05, 4.69) is 28.9 Å². The second-order valence-electron chi connectivity index (χ2n) is 8.30. The molecule has 0 spiro atoms. The maximum atomic E-state index is 13.1. The summed E-state index contributed by atoms with van der Waals surface area (Å²) in [6.07, 6.45) is 4.61. The Morgan fingerprint density at radius 2 is 1.74 bits per heavy atom. The first-order valence-electron chi connectivity index (χ1n) is 10.6. The van der Waals surface area contributed by atoms with Crippen LogP contribution in [0.1, 0.15) is 43.7 Å². The van der Waals surface area contributed by atoms with Gasteiger partial charge in [-0.05, 0) is 81.7 Å². The summed E-state index contributed by atoms with van der Waals surface area (Å²) in [4.78, 5) is 20.3. The summed E-state index contributed by atoms with van der Waals surface area (Å²) in [5, 5.41) is 0. The third-order valence-electron chi connectivity index (χ3n) is 6.85. The van der Waals surface area contributed by atoms with Crippen LogP contribution in [0.25, 0.3) is 0 Å². The van der Waals surface area contributed by atoms with Crippen LogP contribution in [-0.4, -0.2) is 66.5 Å². The molecule has 5 heteroatoms. The van der Waals surface area contributed by atoms with Gasteiger partial charge in [0, 0.05) is 25.0 Å². The highest BCUT2D eigenvalue weighted by molar-refractivity contribution is 5.79. The number of amides is 1. The molecular weight excluding hydrogens is 338 g/mol. The third kappa shape index (κ3) is 3.99. The molecule has 2 saturated heterocycles. The van der Waals surface area contributed by atoms with Crippen LogP contribution in [0.4, 0.5) is 0 Å². The summed E-state index contributed by atoms with van der Waals surface area (Å²) < 4.78 is 5.32. The van der Waals surface area contributed by atoms with Crippen molar-refractivity contribution in [3.63, 3.8) is 0 Å². The molecule has 2 fully saturated rings. The van der Waals surface area contributed by atoms with E-state index in [0.717, 1.165) is 50.8 Å². The van der Waals surface area contributed by atoms with Gasteiger partial charge in [0.2, 0.25) is 5.91 Å². The zero-order valence-corrected chi connectivity index (χ0v) is 16.8. The molecule has 0 saturated carbocycles. The molecule has 0 aromatic heterocycles. The minimum absolute atomic E-state index is 0.202. The second-order valence-corrected chi connectivity index (χ2v) is 8.30. The van der Waals surface area contributed by atoms with Crippen LogP contribution in [0.15, 0.2) is 18.2 Å². The van der Waals surface area contributed by atoms with Gasteiger partial charge in [-0.3, -0.25) is 4.79 Å². The third-order valence-corrected chi connectivity index (χ3v) is 6.85. The summed E-state index contributed by atoms with van der Waals surface area (Å²) in [6.45, 7) is 9.56. The Balaban J connectivity index is 1.28. The number of hydrogen-bond donors (Lipinski definition) is 0. The van der Waals surface area contributed by atoms with Gasteiger partial charge < -0.3 is 19.4 Å². The van der Waals surface area contributed by atoms with Crippen molar-refractivity contribution in [1.82, 2.24) is 14.7 Å². The SMILES string of the molecule is CCN1CCC(N2CCC(C(=O)N3Cc4ccc(OC)cc4C3)CC2)CC1. The van der Waals surface area contributed by atoms with E-state index in [9.17, 15) is 4.79 Å². The lowest BCUT2D eigenvalue weighted by Gasteiger charge is -2.41. The van der Waals surface area contributed by atoms with Crippen LogP contribution >= 0.6 is 0 Å². The van der Waals surface area contributed by atoms with Crippen LogP contribution in [-0.2, 0) is 17.9 Å². The highest BCUT2D eigenvalue weighted by Gasteiger charge is 2.34. The Hall–Kier alpha value is -1.59. The Labute approximate surface area is 163 Å². The summed E-state index contributed by atoms with van der Waals surface area (Å²) in [5.41, 5.74) is 2.51. The number of carbonyl (C=O) groups excluding carboxylic acids is 1. The maximum Gasteiger partial charge on any atom is 0.226 e. The summed E-state index contributed by atoms with van der Waals surface area (Å²) >= 11 is 0. The van der Waals surface area contributed by atoms with Crippen molar-refractivity contribution in [2.45, 2.75) is 51.7 Å². The highest BCUT2D eigenvalue weighted by Crippen LogP contribution is 2.30. The molecule has 3 aliphatic rings. The topological polar surface area (TPSA) is 36.0 Å². The van der Waals surface area contributed by atoms with E-state index in [0.29, 0.717) is 5.91 Å². The molecule has 5 nitrogen and oxygen atoms in total. The molecule has 0 bridgehead atoms. The first kappa shape index (κ1) is 18.8.